The first kappa shape index (κ1) is 38.7. The van der Waals surface area contributed by atoms with Gasteiger partial charge in [-0.05, 0) is 30.6 Å². The molecule has 252 valence electrons. The van der Waals surface area contributed by atoms with Gasteiger partial charge in [0.15, 0.2) is 0 Å². The van der Waals surface area contributed by atoms with Gasteiger partial charge in [0.25, 0.3) is 0 Å². The number of rotatable bonds is 2. The van der Waals surface area contributed by atoms with Gasteiger partial charge in [-0.1, -0.05) is 99.1 Å². The van der Waals surface area contributed by atoms with Gasteiger partial charge in [-0.2, -0.15) is 18.2 Å². The number of benzene rings is 3. The van der Waals surface area contributed by atoms with Crippen LogP contribution in [0.25, 0.3) is 0 Å². The molecule has 48 heavy (non-hydrogen) atoms. The van der Waals surface area contributed by atoms with Gasteiger partial charge in [-0.3, -0.25) is 0 Å². The minimum absolute atomic E-state index is 0. The van der Waals surface area contributed by atoms with E-state index in [9.17, 15) is 0 Å². The minimum atomic E-state index is 0. The normalized spacial score (nSPS) is 24.4. The molecule has 2 fully saturated rings. The predicted octanol–water partition coefficient (Wildman–Crippen LogP) is 5.55. The van der Waals surface area contributed by atoms with Crippen molar-refractivity contribution in [2.75, 3.05) is 0 Å². The summed E-state index contributed by atoms with van der Waals surface area (Å²) in [6.45, 7) is 14.3. The van der Waals surface area contributed by atoms with E-state index in [1.165, 1.54) is 64.0 Å². The van der Waals surface area contributed by atoms with Crippen molar-refractivity contribution in [1.29, 1.82) is 0 Å². The van der Waals surface area contributed by atoms with E-state index in [2.05, 4.69) is 114 Å². The van der Waals surface area contributed by atoms with E-state index in [0.717, 1.165) is 53.5 Å². The first-order chi connectivity index (χ1) is 22.2. The number of hydrogen-bond donors (Lipinski definition) is 0. The molecule has 0 nitrogen and oxygen atoms in total. The van der Waals surface area contributed by atoms with Crippen LogP contribution in [-0.4, -0.2) is 3.26 Å². The molecule has 0 heterocycles. The molecule has 0 amide bonds. The van der Waals surface area contributed by atoms with Crippen molar-refractivity contribution in [2.24, 2.45) is 29.1 Å². The zero-order valence-electron chi connectivity index (χ0n) is 29.7. The molecule has 0 radical (unpaired) electrons. The van der Waals surface area contributed by atoms with Crippen molar-refractivity contribution in [3.63, 3.8) is 0 Å². The Morgan fingerprint density at radius 1 is 0.792 bits per heavy atom. The summed E-state index contributed by atoms with van der Waals surface area (Å²) in [6.07, 6.45) is 8.52. The number of hydrogen-bond acceptors (Lipinski definition) is 0. The van der Waals surface area contributed by atoms with Crippen LogP contribution in [0.1, 0.15) is 99.1 Å². The second-order valence-electron chi connectivity index (χ2n) is 15.1. The average molecular weight is 842 g/mol. The molecule has 4 aliphatic rings. The third-order valence-electron chi connectivity index (χ3n) is 12.1. The van der Waals surface area contributed by atoms with E-state index < -0.39 is 0 Å². The molecule has 0 saturated heterocycles. The molecular formula is C45H52Cl2Hf-2. The SMILES string of the molecule is C[C-]1C2=C3Cc4ccccc4C3C3CCCCC3C2CC(C)C1(C)C.Cc1cccc([C](=[Hf+2])c2cccc(C)c2)c1.[Cl-].[Cl-].c1cc[cH-]c1. The Morgan fingerprint density at radius 3 is 1.94 bits per heavy atom. The van der Waals surface area contributed by atoms with Gasteiger partial charge >= 0.3 is 112 Å². The van der Waals surface area contributed by atoms with Crippen LogP contribution in [0.5, 0.6) is 0 Å². The summed E-state index contributed by atoms with van der Waals surface area (Å²) < 4.78 is 1.48. The first-order valence-electron chi connectivity index (χ1n) is 17.7. The van der Waals surface area contributed by atoms with Gasteiger partial charge < -0.3 is 24.8 Å². The minimum Gasteiger partial charge on any atom is -1.00 e. The van der Waals surface area contributed by atoms with E-state index in [1.807, 2.05) is 41.5 Å². The van der Waals surface area contributed by atoms with Crippen molar-refractivity contribution in [1.82, 2.24) is 0 Å². The Balaban J connectivity index is 0.000000195. The van der Waals surface area contributed by atoms with Crippen molar-refractivity contribution >= 4 is 3.26 Å². The topological polar surface area (TPSA) is 0 Å². The summed E-state index contributed by atoms with van der Waals surface area (Å²) in [6, 6.07) is 36.9. The standard InChI is InChI=1S/C25H33.C15H14.C5H5.2ClH.Hf/c1-15-13-21-19-11-7-8-12-20(19)24-18-10-6-5-9-17(18)14-22(24)23(21)16(2)25(15,3)4;1-12-5-3-7-14(9-12)11-15-8-4-6-13(2)10-15;1-2-4-5-3-1;;;/h5-6,9-10,15,19-21,24H,7-8,11-14H2,1-4H3;3-10H,1-2H3;1-5H;2*1H;/q-1;;-1;;;+2/p-2. The van der Waals surface area contributed by atoms with Gasteiger partial charge in [0.05, 0.1) is 0 Å². The maximum atomic E-state index is 2.51. The van der Waals surface area contributed by atoms with Gasteiger partial charge in [0, 0.05) is 0 Å². The fourth-order valence-electron chi connectivity index (χ4n) is 9.10. The first-order valence-corrected chi connectivity index (χ1v) is 19.5. The van der Waals surface area contributed by atoms with Crippen LogP contribution in [0.4, 0.5) is 0 Å². The van der Waals surface area contributed by atoms with Gasteiger partial charge in [0.2, 0.25) is 0 Å². The third kappa shape index (κ3) is 7.95. The average Bonchev–Trinajstić information content (AvgIpc) is 3.76. The molecule has 5 unspecified atom stereocenters. The van der Waals surface area contributed by atoms with Crippen LogP contribution in [-0.2, 0) is 30.3 Å². The van der Waals surface area contributed by atoms with Crippen molar-refractivity contribution < 1.29 is 48.7 Å². The molecule has 4 aromatic rings. The molecule has 0 N–H and O–H groups in total. The fourth-order valence-corrected chi connectivity index (χ4v) is 10.2. The Morgan fingerprint density at radius 2 is 1.38 bits per heavy atom. The number of halogens is 2. The van der Waals surface area contributed by atoms with Crippen LogP contribution in [0.15, 0.2) is 114 Å². The van der Waals surface area contributed by atoms with E-state index in [1.54, 1.807) is 17.0 Å². The van der Waals surface area contributed by atoms with Crippen LogP contribution in [0.3, 0.4) is 0 Å². The number of fused-ring (bicyclic) bond motifs is 7. The smallest absolute Gasteiger partial charge is 0.172 e. The second-order valence-corrected chi connectivity index (χ2v) is 16.9. The van der Waals surface area contributed by atoms with E-state index in [4.69, 9.17) is 0 Å². The molecule has 3 heteroatoms. The van der Waals surface area contributed by atoms with Crippen molar-refractivity contribution in [3.05, 3.63) is 154 Å². The van der Waals surface area contributed by atoms with Crippen LogP contribution in [0.2, 0.25) is 0 Å². The summed E-state index contributed by atoms with van der Waals surface area (Å²) in [5.74, 6) is 6.00. The third-order valence-corrected chi connectivity index (χ3v) is 14.1. The number of allylic oxidation sites excluding steroid dienone is 2. The van der Waals surface area contributed by atoms with Gasteiger partial charge in [-0.25, -0.2) is 29.2 Å². The van der Waals surface area contributed by atoms with E-state index >= 15 is 0 Å². The maximum Gasteiger partial charge on any atom is -0.172 e. The van der Waals surface area contributed by atoms with Crippen molar-refractivity contribution in [2.45, 2.75) is 86.0 Å². The monoisotopic (exact) mass is 842 g/mol. The zero-order chi connectivity index (χ0) is 32.4. The molecule has 0 aliphatic heterocycles. The Hall–Kier alpha value is -2.06. The molecule has 2 saturated carbocycles. The van der Waals surface area contributed by atoms with Crippen LogP contribution < -0.4 is 24.8 Å². The molecule has 5 atom stereocenters. The molecular weight excluding hydrogens is 790 g/mol. The quantitative estimate of drug-likeness (QED) is 0.184. The molecule has 8 rings (SSSR count). The summed E-state index contributed by atoms with van der Waals surface area (Å²) in [5.41, 5.74) is 12.8. The Bertz CT molecular complexity index is 1610. The molecule has 0 spiro atoms. The van der Waals surface area contributed by atoms with Gasteiger partial charge in [-0.15, -0.1) is 6.92 Å². The van der Waals surface area contributed by atoms with Crippen LogP contribution in [0, 0.1) is 48.9 Å². The fraction of sp³-hybridized carbons (Fsp3) is 0.400. The molecule has 0 bridgehead atoms. The Labute approximate surface area is 318 Å². The van der Waals surface area contributed by atoms with Crippen LogP contribution >= 0.6 is 0 Å². The summed E-state index contributed by atoms with van der Waals surface area (Å²) >= 11 is 1.08. The summed E-state index contributed by atoms with van der Waals surface area (Å²) in [7, 11) is 0. The van der Waals surface area contributed by atoms with E-state index in [0.29, 0.717) is 5.41 Å². The second kappa shape index (κ2) is 16.8. The largest absolute Gasteiger partial charge is 1.00 e. The van der Waals surface area contributed by atoms with Crippen molar-refractivity contribution in [3.8, 4) is 0 Å². The zero-order valence-corrected chi connectivity index (χ0v) is 34.8. The molecule has 0 aromatic heterocycles. The summed E-state index contributed by atoms with van der Waals surface area (Å²) in [5, 5.41) is 0. The number of aryl methyl sites for hydroxylation is 2. The maximum absolute atomic E-state index is 2.51. The van der Waals surface area contributed by atoms with Gasteiger partial charge in [0.1, 0.15) is 0 Å². The summed E-state index contributed by atoms with van der Waals surface area (Å²) in [4.78, 5) is 0. The van der Waals surface area contributed by atoms with E-state index in [-0.39, 0.29) is 24.8 Å². The molecule has 4 aliphatic carbocycles. The molecule has 4 aromatic carbocycles. The Kier molecular flexibility index (Phi) is 13.5. The predicted molar refractivity (Wildman–Crippen MR) is 193 cm³/mol.